The lowest BCUT2D eigenvalue weighted by molar-refractivity contribution is 0.695. The topological polar surface area (TPSA) is 97.8 Å². The van der Waals surface area contributed by atoms with Crippen molar-refractivity contribution in [1.29, 1.82) is 0 Å². The summed E-state index contributed by atoms with van der Waals surface area (Å²) in [6.45, 7) is 3.72. The van der Waals surface area contributed by atoms with Gasteiger partial charge in [0.1, 0.15) is 25.0 Å². The van der Waals surface area contributed by atoms with Crippen molar-refractivity contribution in [2.45, 2.75) is 20.0 Å². The summed E-state index contributed by atoms with van der Waals surface area (Å²) in [5.41, 5.74) is 1.02. The zero-order chi connectivity index (χ0) is 17.5. The van der Waals surface area contributed by atoms with E-state index in [0.29, 0.717) is 19.0 Å². The fourth-order valence-corrected chi connectivity index (χ4v) is 2.30. The molecule has 0 saturated heterocycles. The third-order valence-corrected chi connectivity index (χ3v) is 3.59. The quantitative estimate of drug-likeness (QED) is 0.322. The number of rotatable bonds is 6. The highest BCUT2D eigenvalue weighted by atomic mass is 127. The number of hydrogen-bond acceptors (Lipinski definition) is 5. The third-order valence-electron chi connectivity index (χ3n) is 3.59. The Balaban J connectivity index is 0.00000243. The van der Waals surface area contributed by atoms with Gasteiger partial charge in [-0.2, -0.15) is 5.10 Å². The molecule has 0 atom stereocenters. The van der Waals surface area contributed by atoms with Crippen LogP contribution in [-0.2, 0) is 20.1 Å². The van der Waals surface area contributed by atoms with Crippen molar-refractivity contribution in [1.82, 2.24) is 40.2 Å². The maximum absolute atomic E-state index is 4.53. The van der Waals surface area contributed by atoms with Gasteiger partial charge >= 0.3 is 0 Å². The van der Waals surface area contributed by atoms with E-state index in [9.17, 15) is 0 Å². The molecule has 138 valence electrons. The summed E-state index contributed by atoms with van der Waals surface area (Å²) in [6.07, 6.45) is 3.23. The first-order chi connectivity index (χ1) is 12.3. The SMILES string of the molecule is CCNC(=NCc1ncnn1C)NCc1nncn1-c1ccccc1.I. The van der Waals surface area contributed by atoms with Crippen molar-refractivity contribution in [2.24, 2.45) is 12.0 Å². The number of nitrogens with zero attached hydrogens (tertiary/aromatic N) is 7. The number of halogens is 1. The number of aliphatic imine (C=N–C) groups is 1. The largest absolute Gasteiger partial charge is 0.357 e. The lowest BCUT2D eigenvalue weighted by atomic mass is 10.3. The Bertz CT molecular complexity index is 825. The summed E-state index contributed by atoms with van der Waals surface area (Å²) >= 11 is 0. The van der Waals surface area contributed by atoms with Crippen LogP contribution in [0.25, 0.3) is 5.69 Å². The molecular formula is C16H22IN9. The minimum atomic E-state index is 0. The molecule has 2 N–H and O–H groups in total. The van der Waals surface area contributed by atoms with Gasteiger partial charge < -0.3 is 10.6 Å². The Kier molecular flexibility index (Phi) is 7.51. The molecule has 0 saturated carbocycles. The summed E-state index contributed by atoms with van der Waals surface area (Å²) in [5.74, 6) is 2.29. The van der Waals surface area contributed by atoms with E-state index in [1.54, 1.807) is 11.0 Å². The highest BCUT2D eigenvalue weighted by molar-refractivity contribution is 14.0. The standard InChI is InChI=1S/C16H21N9.HI/c1-3-17-16(18-9-14-20-11-22-24(14)2)19-10-15-23-21-12-25(15)13-7-5-4-6-8-13;/h4-8,11-12H,3,9-10H2,1-2H3,(H2,17,18,19);1H. The van der Waals surface area contributed by atoms with E-state index in [0.717, 1.165) is 23.9 Å². The molecule has 2 heterocycles. The van der Waals surface area contributed by atoms with Gasteiger partial charge in [-0.3, -0.25) is 9.25 Å². The lowest BCUT2D eigenvalue weighted by Crippen LogP contribution is -2.37. The Hall–Kier alpha value is -2.50. The molecule has 1 aromatic carbocycles. The van der Waals surface area contributed by atoms with Crippen LogP contribution in [0.2, 0.25) is 0 Å². The van der Waals surface area contributed by atoms with Crippen LogP contribution in [0.1, 0.15) is 18.6 Å². The fraction of sp³-hybridized carbons (Fsp3) is 0.312. The molecule has 0 unspecified atom stereocenters. The summed E-state index contributed by atoms with van der Waals surface area (Å²) in [5, 5.41) is 18.7. The van der Waals surface area contributed by atoms with E-state index >= 15 is 0 Å². The number of para-hydroxylation sites is 1. The molecule has 0 spiro atoms. The highest BCUT2D eigenvalue weighted by Gasteiger charge is 2.07. The Morgan fingerprint density at radius 1 is 1.15 bits per heavy atom. The summed E-state index contributed by atoms with van der Waals surface area (Å²) in [7, 11) is 1.85. The molecule has 10 heteroatoms. The van der Waals surface area contributed by atoms with Gasteiger partial charge in [-0.25, -0.2) is 9.98 Å². The number of hydrogen-bond donors (Lipinski definition) is 2. The number of benzene rings is 1. The van der Waals surface area contributed by atoms with Gasteiger partial charge in [-0.05, 0) is 19.1 Å². The number of guanidine groups is 1. The molecule has 0 aliphatic heterocycles. The van der Waals surface area contributed by atoms with Crippen LogP contribution in [0.4, 0.5) is 0 Å². The monoisotopic (exact) mass is 467 g/mol. The van der Waals surface area contributed by atoms with Crippen LogP contribution in [0, 0.1) is 0 Å². The molecular weight excluding hydrogens is 445 g/mol. The van der Waals surface area contributed by atoms with Crippen molar-refractivity contribution in [3.8, 4) is 5.69 Å². The number of aryl methyl sites for hydroxylation is 1. The van der Waals surface area contributed by atoms with E-state index in [2.05, 4.69) is 35.9 Å². The van der Waals surface area contributed by atoms with E-state index < -0.39 is 0 Å². The maximum Gasteiger partial charge on any atom is 0.192 e. The first kappa shape index (κ1) is 19.8. The van der Waals surface area contributed by atoms with Crippen LogP contribution < -0.4 is 10.6 Å². The molecule has 0 amide bonds. The lowest BCUT2D eigenvalue weighted by Gasteiger charge is -2.12. The van der Waals surface area contributed by atoms with Gasteiger partial charge in [0.05, 0.1) is 6.54 Å². The Morgan fingerprint density at radius 3 is 2.65 bits per heavy atom. The van der Waals surface area contributed by atoms with Gasteiger partial charge in [0.15, 0.2) is 11.8 Å². The summed E-state index contributed by atoms with van der Waals surface area (Å²) in [4.78, 5) is 8.71. The van der Waals surface area contributed by atoms with E-state index in [-0.39, 0.29) is 24.0 Å². The molecule has 3 rings (SSSR count). The summed E-state index contributed by atoms with van der Waals surface area (Å²) in [6, 6.07) is 9.98. The molecule has 0 aliphatic rings. The molecule has 0 radical (unpaired) electrons. The van der Waals surface area contributed by atoms with Crippen LogP contribution >= 0.6 is 24.0 Å². The van der Waals surface area contributed by atoms with Crippen molar-refractivity contribution in [3.05, 3.63) is 54.6 Å². The van der Waals surface area contributed by atoms with E-state index in [1.165, 1.54) is 6.33 Å². The smallest absolute Gasteiger partial charge is 0.192 e. The molecule has 3 aromatic rings. The van der Waals surface area contributed by atoms with Crippen molar-refractivity contribution in [2.75, 3.05) is 6.54 Å². The molecule has 0 fully saturated rings. The molecule has 0 aliphatic carbocycles. The van der Waals surface area contributed by atoms with Gasteiger partial charge in [-0.1, -0.05) is 18.2 Å². The predicted octanol–water partition coefficient (Wildman–Crippen LogP) is 1.27. The molecule has 2 aromatic heterocycles. The average molecular weight is 467 g/mol. The maximum atomic E-state index is 4.53. The van der Waals surface area contributed by atoms with E-state index in [1.807, 2.05) is 48.9 Å². The van der Waals surface area contributed by atoms with Gasteiger partial charge in [0.25, 0.3) is 0 Å². The predicted molar refractivity (Wildman–Crippen MR) is 109 cm³/mol. The normalized spacial score (nSPS) is 11.1. The third kappa shape index (κ3) is 5.00. The minimum Gasteiger partial charge on any atom is -0.357 e. The number of aromatic nitrogens is 6. The summed E-state index contributed by atoms with van der Waals surface area (Å²) < 4.78 is 3.65. The zero-order valence-electron chi connectivity index (χ0n) is 14.7. The highest BCUT2D eigenvalue weighted by Crippen LogP contribution is 2.08. The van der Waals surface area contributed by atoms with Crippen LogP contribution in [0.3, 0.4) is 0 Å². The second-order valence-electron chi connectivity index (χ2n) is 5.30. The second kappa shape index (κ2) is 9.85. The molecule has 9 nitrogen and oxygen atoms in total. The minimum absolute atomic E-state index is 0. The van der Waals surface area contributed by atoms with Gasteiger partial charge in [0.2, 0.25) is 0 Å². The van der Waals surface area contributed by atoms with Gasteiger partial charge in [0, 0.05) is 19.3 Å². The van der Waals surface area contributed by atoms with Crippen molar-refractivity contribution >= 4 is 29.9 Å². The van der Waals surface area contributed by atoms with Crippen LogP contribution in [-0.4, -0.2) is 42.0 Å². The van der Waals surface area contributed by atoms with E-state index in [4.69, 9.17) is 0 Å². The first-order valence-electron chi connectivity index (χ1n) is 8.07. The first-order valence-corrected chi connectivity index (χ1v) is 8.07. The zero-order valence-corrected chi connectivity index (χ0v) is 17.0. The molecule has 26 heavy (non-hydrogen) atoms. The van der Waals surface area contributed by atoms with Crippen molar-refractivity contribution < 1.29 is 0 Å². The van der Waals surface area contributed by atoms with Crippen LogP contribution in [0.5, 0.6) is 0 Å². The Morgan fingerprint density at radius 2 is 1.96 bits per heavy atom. The Labute approximate surface area is 169 Å². The van der Waals surface area contributed by atoms with Crippen molar-refractivity contribution in [3.63, 3.8) is 0 Å². The second-order valence-corrected chi connectivity index (χ2v) is 5.30. The average Bonchev–Trinajstić information content (AvgIpc) is 3.27. The van der Waals surface area contributed by atoms with Crippen LogP contribution in [0.15, 0.2) is 48.0 Å². The number of nitrogens with one attached hydrogen (secondary N) is 2. The van der Waals surface area contributed by atoms with Gasteiger partial charge in [-0.15, -0.1) is 34.2 Å². The molecule has 0 bridgehead atoms. The fourth-order valence-electron chi connectivity index (χ4n) is 2.30.